The number of nitrogens with one attached hydrogen (secondary N) is 1. The van der Waals surface area contributed by atoms with Crippen LogP contribution >= 0.6 is 0 Å². The summed E-state index contributed by atoms with van der Waals surface area (Å²) in [6.45, 7) is 3.08. The van der Waals surface area contributed by atoms with E-state index in [1.165, 1.54) is 38.6 Å². The molecule has 4 nitrogen and oxygen atoms in total. The minimum absolute atomic E-state index is 0.736. The predicted octanol–water partition coefficient (Wildman–Crippen LogP) is 1.91. The molecule has 4 rings (SSSR count). The topological polar surface area (TPSA) is 41.3 Å². The Morgan fingerprint density at radius 2 is 2.28 bits per heavy atom. The van der Waals surface area contributed by atoms with Crippen LogP contribution in [0.25, 0.3) is 0 Å². The quantitative estimate of drug-likeness (QED) is 0.863. The summed E-state index contributed by atoms with van der Waals surface area (Å²) in [4.78, 5) is 2.58. The number of rotatable bonds is 5. The van der Waals surface area contributed by atoms with E-state index in [1.54, 1.807) is 0 Å². The maximum Gasteiger partial charge on any atom is 0.151 e. The van der Waals surface area contributed by atoms with Crippen molar-refractivity contribution in [2.24, 2.45) is 5.92 Å². The van der Waals surface area contributed by atoms with E-state index in [-0.39, 0.29) is 0 Å². The van der Waals surface area contributed by atoms with Gasteiger partial charge in [-0.2, -0.15) is 0 Å². The number of hydrogen-bond donors (Lipinski definition) is 1. The summed E-state index contributed by atoms with van der Waals surface area (Å²) in [5.74, 6) is 1.99. The van der Waals surface area contributed by atoms with Gasteiger partial charge in [0.1, 0.15) is 0 Å². The molecule has 1 aliphatic heterocycles. The van der Waals surface area contributed by atoms with Gasteiger partial charge < -0.3 is 9.84 Å². The summed E-state index contributed by atoms with van der Waals surface area (Å²) in [5, 5.41) is 7.63. The van der Waals surface area contributed by atoms with Crippen molar-refractivity contribution >= 4 is 0 Å². The highest BCUT2D eigenvalue weighted by molar-refractivity contribution is 5.07. The molecule has 1 N–H and O–H groups in total. The molecule has 0 amide bonds. The summed E-state index contributed by atoms with van der Waals surface area (Å²) in [6, 6.07) is 3.68. The van der Waals surface area contributed by atoms with Crippen molar-refractivity contribution in [3.8, 4) is 0 Å². The van der Waals surface area contributed by atoms with Gasteiger partial charge in [0.05, 0.1) is 12.2 Å². The number of nitrogens with zero attached hydrogens (tertiary/aromatic N) is 2. The Morgan fingerprint density at radius 1 is 1.33 bits per heavy atom. The Hall–Kier alpha value is -0.870. The molecule has 4 heteroatoms. The van der Waals surface area contributed by atoms with Gasteiger partial charge in [-0.3, -0.25) is 4.90 Å². The molecule has 1 aromatic heterocycles. The maximum absolute atomic E-state index is 5.46. The first-order chi connectivity index (χ1) is 8.87. The molecule has 2 heterocycles. The first-order valence-electron chi connectivity index (χ1n) is 7.29. The molecule has 3 fully saturated rings. The third-order valence-electron chi connectivity index (χ3n) is 4.64. The van der Waals surface area contributed by atoms with E-state index in [2.05, 4.69) is 21.4 Å². The average molecular weight is 247 g/mol. The van der Waals surface area contributed by atoms with Crippen LogP contribution in [0.1, 0.15) is 43.6 Å². The smallest absolute Gasteiger partial charge is 0.151 e. The van der Waals surface area contributed by atoms with Gasteiger partial charge in [0.15, 0.2) is 5.76 Å². The molecular weight excluding hydrogens is 226 g/mol. The lowest BCUT2D eigenvalue weighted by atomic mass is 10.1. The summed E-state index contributed by atoms with van der Waals surface area (Å²) >= 11 is 0. The van der Waals surface area contributed by atoms with Crippen LogP contribution in [0.15, 0.2) is 10.6 Å². The van der Waals surface area contributed by atoms with Crippen LogP contribution < -0.4 is 5.32 Å². The monoisotopic (exact) mass is 247 g/mol. The number of aromatic nitrogens is 1. The van der Waals surface area contributed by atoms with Crippen molar-refractivity contribution in [1.82, 2.24) is 15.4 Å². The van der Waals surface area contributed by atoms with Gasteiger partial charge in [-0.1, -0.05) is 5.16 Å². The Morgan fingerprint density at radius 3 is 3.00 bits per heavy atom. The number of likely N-dealkylation sites (tertiary alicyclic amines) is 1. The zero-order valence-corrected chi connectivity index (χ0v) is 10.8. The molecule has 3 aliphatic rings. The average Bonchev–Trinajstić information content (AvgIpc) is 2.78. The number of fused-ring (bicyclic) bond motifs is 2. The molecule has 0 spiro atoms. The van der Waals surface area contributed by atoms with Crippen LogP contribution in [0.3, 0.4) is 0 Å². The van der Waals surface area contributed by atoms with E-state index < -0.39 is 0 Å². The van der Waals surface area contributed by atoms with E-state index >= 15 is 0 Å². The Kier molecular flexibility index (Phi) is 2.66. The lowest BCUT2D eigenvalue weighted by molar-refractivity contribution is 0.183. The minimum Gasteiger partial charge on any atom is -0.360 e. The molecule has 2 unspecified atom stereocenters. The summed E-state index contributed by atoms with van der Waals surface area (Å²) in [5.41, 5.74) is 1.06. The van der Waals surface area contributed by atoms with Gasteiger partial charge in [-0.25, -0.2) is 0 Å². The fourth-order valence-electron chi connectivity index (χ4n) is 3.47. The molecule has 1 saturated heterocycles. The fraction of sp³-hybridized carbons (Fsp3) is 0.786. The maximum atomic E-state index is 5.46. The van der Waals surface area contributed by atoms with Crippen molar-refractivity contribution in [3.63, 3.8) is 0 Å². The summed E-state index contributed by atoms with van der Waals surface area (Å²) in [7, 11) is 0. The van der Waals surface area contributed by atoms with Gasteiger partial charge in [0.25, 0.3) is 0 Å². The molecule has 2 atom stereocenters. The van der Waals surface area contributed by atoms with Crippen LogP contribution in [0, 0.1) is 5.92 Å². The van der Waals surface area contributed by atoms with Crippen molar-refractivity contribution in [2.75, 3.05) is 6.54 Å². The lowest BCUT2D eigenvalue weighted by Gasteiger charge is -2.25. The SMILES string of the molecule is c1c(CNC2CC2)noc1CN1CC2CCC1C2. The molecule has 0 radical (unpaired) electrons. The molecule has 1 aromatic rings. The Bertz CT molecular complexity index is 426. The second-order valence-electron chi connectivity index (χ2n) is 6.20. The van der Waals surface area contributed by atoms with Crippen molar-refractivity contribution in [1.29, 1.82) is 0 Å². The zero-order chi connectivity index (χ0) is 11.9. The lowest BCUT2D eigenvalue weighted by Crippen LogP contribution is -2.31. The molecule has 18 heavy (non-hydrogen) atoms. The van der Waals surface area contributed by atoms with Gasteiger partial charge in [-0.15, -0.1) is 0 Å². The van der Waals surface area contributed by atoms with Crippen LogP contribution in [0.4, 0.5) is 0 Å². The highest BCUT2D eigenvalue weighted by atomic mass is 16.5. The van der Waals surface area contributed by atoms with E-state index in [4.69, 9.17) is 4.52 Å². The standard InChI is InChI=1S/C14H21N3O/c1-4-13-5-10(1)8-17(13)9-14-6-12(16-18-14)7-15-11-2-3-11/h6,10-11,13,15H,1-5,7-9H2. The second-order valence-corrected chi connectivity index (χ2v) is 6.20. The first-order valence-corrected chi connectivity index (χ1v) is 7.29. The Labute approximate surface area is 108 Å². The van der Waals surface area contributed by atoms with Gasteiger partial charge in [-0.05, 0) is 38.0 Å². The number of hydrogen-bond acceptors (Lipinski definition) is 4. The predicted molar refractivity (Wildman–Crippen MR) is 67.9 cm³/mol. The molecule has 2 saturated carbocycles. The Balaban J connectivity index is 1.33. The summed E-state index contributed by atoms with van der Waals surface area (Å²) in [6.07, 6.45) is 6.87. The summed E-state index contributed by atoms with van der Waals surface area (Å²) < 4.78 is 5.46. The van der Waals surface area contributed by atoms with Gasteiger partial charge >= 0.3 is 0 Å². The molecule has 2 bridgehead atoms. The van der Waals surface area contributed by atoms with Crippen molar-refractivity contribution in [3.05, 3.63) is 17.5 Å². The normalized spacial score (nSPS) is 31.3. The van der Waals surface area contributed by atoms with Crippen molar-refractivity contribution in [2.45, 2.75) is 57.3 Å². The van der Waals surface area contributed by atoms with E-state index in [1.807, 2.05) is 0 Å². The van der Waals surface area contributed by atoms with E-state index in [0.29, 0.717) is 0 Å². The van der Waals surface area contributed by atoms with Gasteiger partial charge in [0, 0.05) is 31.2 Å². The third kappa shape index (κ3) is 2.19. The molecular formula is C14H21N3O. The largest absolute Gasteiger partial charge is 0.360 e. The van der Waals surface area contributed by atoms with Crippen LogP contribution in [-0.4, -0.2) is 28.7 Å². The van der Waals surface area contributed by atoms with E-state index in [9.17, 15) is 0 Å². The van der Waals surface area contributed by atoms with Gasteiger partial charge in [0.2, 0.25) is 0 Å². The first kappa shape index (κ1) is 11.0. The van der Waals surface area contributed by atoms with Crippen molar-refractivity contribution < 1.29 is 4.52 Å². The fourth-order valence-corrected chi connectivity index (χ4v) is 3.47. The highest BCUT2D eigenvalue weighted by Crippen LogP contribution is 2.38. The molecule has 2 aliphatic carbocycles. The zero-order valence-electron chi connectivity index (χ0n) is 10.8. The minimum atomic E-state index is 0.736. The van der Waals surface area contributed by atoms with Crippen LogP contribution in [0.5, 0.6) is 0 Å². The highest BCUT2D eigenvalue weighted by Gasteiger charge is 2.37. The van der Waals surface area contributed by atoms with Crippen LogP contribution in [0.2, 0.25) is 0 Å². The van der Waals surface area contributed by atoms with Crippen LogP contribution in [-0.2, 0) is 13.1 Å². The second kappa shape index (κ2) is 4.35. The van der Waals surface area contributed by atoms with E-state index in [0.717, 1.165) is 42.5 Å². The molecule has 98 valence electrons. The third-order valence-corrected chi connectivity index (χ3v) is 4.64. The molecule has 0 aromatic carbocycles. The number of piperidine rings is 1.